The Labute approximate surface area is 152 Å². The molecule has 124 valence electrons. The van der Waals surface area contributed by atoms with Crippen LogP contribution in [0.1, 0.15) is 5.56 Å². The quantitative estimate of drug-likeness (QED) is 0.436. The number of fused-ring (bicyclic) bond motifs is 1. The first-order chi connectivity index (χ1) is 12.2. The third-order valence-corrected chi connectivity index (χ3v) is 4.86. The number of nitrogens with one attached hydrogen (secondary N) is 1. The van der Waals surface area contributed by atoms with Gasteiger partial charge < -0.3 is 4.98 Å². The average molecular weight is 369 g/mol. The predicted molar refractivity (Wildman–Crippen MR) is 100 cm³/mol. The molecule has 0 radical (unpaired) electrons. The van der Waals surface area contributed by atoms with Crippen molar-refractivity contribution >= 4 is 34.4 Å². The number of nitrogens with zero attached hydrogens (tertiary/aromatic N) is 3. The molecule has 1 N–H and O–H groups in total. The molecule has 0 saturated heterocycles. The Balaban J connectivity index is 1.70. The van der Waals surface area contributed by atoms with Gasteiger partial charge >= 0.3 is 0 Å². The lowest BCUT2D eigenvalue weighted by Gasteiger charge is -2.05. The minimum Gasteiger partial charge on any atom is -0.301 e. The molecule has 2 aromatic heterocycles. The zero-order chi connectivity index (χ0) is 17.2. The van der Waals surface area contributed by atoms with E-state index >= 15 is 0 Å². The van der Waals surface area contributed by atoms with Crippen molar-refractivity contribution in [1.82, 2.24) is 19.7 Å². The summed E-state index contributed by atoms with van der Waals surface area (Å²) in [5, 5.41) is 6.02. The van der Waals surface area contributed by atoms with Gasteiger partial charge in [-0.2, -0.15) is 5.10 Å². The molecule has 0 amide bonds. The van der Waals surface area contributed by atoms with Crippen molar-refractivity contribution in [3.63, 3.8) is 0 Å². The van der Waals surface area contributed by atoms with Crippen LogP contribution >= 0.6 is 23.4 Å². The fourth-order valence-electron chi connectivity index (χ4n) is 2.50. The Morgan fingerprint density at radius 1 is 1.12 bits per heavy atom. The third-order valence-electron chi connectivity index (χ3n) is 3.68. The van der Waals surface area contributed by atoms with Crippen LogP contribution in [0, 0.1) is 0 Å². The highest BCUT2D eigenvalue weighted by Gasteiger charge is 2.11. The Hall–Kier alpha value is -2.57. The zero-order valence-electron chi connectivity index (χ0n) is 13.0. The molecule has 0 saturated carbocycles. The summed E-state index contributed by atoms with van der Waals surface area (Å²) >= 11 is 7.46. The number of H-pyrrole nitrogens is 1. The summed E-state index contributed by atoms with van der Waals surface area (Å²) in [6.07, 6.45) is 1.54. The van der Waals surface area contributed by atoms with Crippen LogP contribution in [0.4, 0.5) is 0 Å². The maximum absolute atomic E-state index is 12.3. The van der Waals surface area contributed by atoms with Gasteiger partial charge in [0.15, 0.2) is 10.8 Å². The average Bonchev–Trinajstić information content (AvgIpc) is 3.05. The Bertz CT molecular complexity index is 1090. The van der Waals surface area contributed by atoms with Crippen LogP contribution in [-0.4, -0.2) is 19.7 Å². The van der Waals surface area contributed by atoms with Gasteiger partial charge in [-0.15, -0.1) is 0 Å². The van der Waals surface area contributed by atoms with Crippen LogP contribution in [0.25, 0.3) is 16.7 Å². The van der Waals surface area contributed by atoms with Crippen molar-refractivity contribution in [2.24, 2.45) is 0 Å². The van der Waals surface area contributed by atoms with E-state index in [4.69, 9.17) is 11.6 Å². The Morgan fingerprint density at radius 2 is 1.96 bits per heavy atom. The summed E-state index contributed by atoms with van der Waals surface area (Å²) in [7, 11) is 0. The number of halogens is 1. The fraction of sp³-hybridized carbons (Fsp3) is 0.0556. The van der Waals surface area contributed by atoms with E-state index in [1.165, 1.54) is 11.8 Å². The van der Waals surface area contributed by atoms with Crippen molar-refractivity contribution in [3.8, 4) is 5.69 Å². The summed E-state index contributed by atoms with van der Waals surface area (Å²) < 4.78 is 1.67. The maximum Gasteiger partial charge on any atom is 0.262 e. The number of thioether (sulfide) groups is 1. The predicted octanol–water partition coefficient (Wildman–Crippen LogP) is 4.05. The lowest BCUT2D eigenvalue weighted by Crippen LogP contribution is -2.09. The van der Waals surface area contributed by atoms with E-state index in [2.05, 4.69) is 15.1 Å². The van der Waals surface area contributed by atoms with Gasteiger partial charge in [0.25, 0.3) is 5.56 Å². The lowest BCUT2D eigenvalue weighted by atomic mass is 10.2. The summed E-state index contributed by atoms with van der Waals surface area (Å²) in [6.45, 7) is 0. The monoisotopic (exact) mass is 368 g/mol. The van der Waals surface area contributed by atoms with Crippen LogP contribution in [0.3, 0.4) is 0 Å². The molecule has 7 heteroatoms. The standard InChI is InChI=1S/C18H13ClN4OS/c19-13-6-4-5-12(9-13)11-25-18-21-16-15(17(24)22-18)10-20-23(16)14-7-2-1-3-8-14/h1-10H,11H2,(H,21,22,24). The molecule has 25 heavy (non-hydrogen) atoms. The van der Waals surface area contributed by atoms with Gasteiger partial charge in [0.2, 0.25) is 0 Å². The molecule has 0 unspecified atom stereocenters. The number of para-hydroxylation sites is 1. The summed E-state index contributed by atoms with van der Waals surface area (Å²) in [4.78, 5) is 19.7. The first kappa shape index (κ1) is 15.9. The van der Waals surface area contributed by atoms with Crippen molar-refractivity contribution < 1.29 is 0 Å². The second kappa shape index (κ2) is 6.74. The van der Waals surface area contributed by atoms with E-state index in [0.717, 1.165) is 11.3 Å². The smallest absolute Gasteiger partial charge is 0.262 e. The largest absolute Gasteiger partial charge is 0.301 e. The van der Waals surface area contributed by atoms with Gasteiger partial charge in [-0.1, -0.05) is 53.7 Å². The zero-order valence-corrected chi connectivity index (χ0v) is 14.6. The molecule has 2 heterocycles. The molecule has 0 aliphatic rings. The number of aromatic nitrogens is 4. The molecule has 2 aromatic carbocycles. The summed E-state index contributed by atoms with van der Waals surface area (Å²) in [5.74, 6) is 0.661. The van der Waals surface area contributed by atoms with E-state index in [-0.39, 0.29) is 5.56 Å². The molecule has 4 aromatic rings. The van der Waals surface area contributed by atoms with Crippen LogP contribution < -0.4 is 5.56 Å². The first-order valence-electron chi connectivity index (χ1n) is 7.61. The molecule has 4 rings (SSSR count). The highest BCUT2D eigenvalue weighted by atomic mass is 35.5. The molecular formula is C18H13ClN4OS. The van der Waals surface area contributed by atoms with E-state index < -0.39 is 0 Å². The van der Waals surface area contributed by atoms with E-state index in [1.54, 1.807) is 10.9 Å². The molecule has 0 aliphatic carbocycles. The van der Waals surface area contributed by atoms with Crippen molar-refractivity contribution in [2.75, 3.05) is 0 Å². The van der Waals surface area contributed by atoms with Crippen molar-refractivity contribution in [1.29, 1.82) is 0 Å². The summed E-state index contributed by atoms with van der Waals surface area (Å²) in [6, 6.07) is 17.3. The summed E-state index contributed by atoms with van der Waals surface area (Å²) in [5.41, 5.74) is 2.28. The van der Waals surface area contributed by atoms with Gasteiger partial charge in [0.1, 0.15) is 5.39 Å². The van der Waals surface area contributed by atoms with Gasteiger partial charge in [0, 0.05) is 10.8 Å². The Kier molecular flexibility index (Phi) is 4.29. The highest BCUT2D eigenvalue weighted by Crippen LogP contribution is 2.22. The normalized spacial score (nSPS) is 11.1. The number of benzene rings is 2. The lowest BCUT2D eigenvalue weighted by molar-refractivity contribution is 0.873. The number of hydrogen-bond acceptors (Lipinski definition) is 4. The van der Waals surface area contributed by atoms with E-state index in [9.17, 15) is 4.79 Å². The second-order valence-electron chi connectivity index (χ2n) is 5.42. The van der Waals surface area contributed by atoms with Crippen LogP contribution in [-0.2, 0) is 5.75 Å². The topological polar surface area (TPSA) is 63.6 Å². The molecular weight excluding hydrogens is 356 g/mol. The Morgan fingerprint density at radius 3 is 2.76 bits per heavy atom. The number of rotatable bonds is 4. The second-order valence-corrected chi connectivity index (χ2v) is 6.82. The molecule has 5 nitrogen and oxygen atoms in total. The van der Waals surface area contributed by atoms with Crippen LogP contribution in [0.2, 0.25) is 5.02 Å². The molecule has 0 spiro atoms. The van der Waals surface area contributed by atoms with E-state index in [1.807, 2.05) is 54.6 Å². The van der Waals surface area contributed by atoms with Crippen molar-refractivity contribution in [2.45, 2.75) is 10.9 Å². The van der Waals surface area contributed by atoms with Gasteiger partial charge in [-0.25, -0.2) is 9.67 Å². The number of hydrogen-bond donors (Lipinski definition) is 1. The molecule has 0 fully saturated rings. The minimum absolute atomic E-state index is 0.194. The maximum atomic E-state index is 12.3. The third kappa shape index (κ3) is 3.31. The van der Waals surface area contributed by atoms with Crippen LogP contribution in [0.5, 0.6) is 0 Å². The number of aromatic amines is 1. The van der Waals surface area contributed by atoms with Gasteiger partial charge in [0.05, 0.1) is 11.9 Å². The highest BCUT2D eigenvalue weighted by molar-refractivity contribution is 7.98. The van der Waals surface area contributed by atoms with Crippen molar-refractivity contribution in [3.05, 3.63) is 81.7 Å². The van der Waals surface area contributed by atoms with E-state index in [0.29, 0.717) is 27.0 Å². The van der Waals surface area contributed by atoms with Gasteiger partial charge in [-0.05, 0) is 29.8 Å². The molecule has 0 aliphatic heterocycles. The fourth-order valence-corrected chi connectivity index (χ4v) is 3.51. The molecule has 0 atom stereocenters. The molecule has 0 bridgehead atoms. The van der Waals surface area contributed by atoms with Crippen LogP contribution in [0.15, 0.2) is 70.7 Å². The minimum atomic E-state index is -0.194. The van der Waals surface area contributed by atoms with Gasteiger partial charge in [-0.3, -0.25) is 4.79 Å². The first-order valence-corrected chi connectivity index (χ1v) is 8.98. The SMILES string of the molecule is O=c1[nH]c(SCc2cccc(Cl)c2)nc2c1cnn2-c1ccccc1.